The minimum absolute atomic E-state index is 0. The second kappa shape index (κ2) is 10.5. The molecule has 0 saturated carbocycles. The number of benzene rings is 1. The highest BCUT2D eigenvalue weighted by Gasteiger charge is 2.28. The van der Waals surface area contributed by atoms with Crippen LogP contribution in [-0.2, 0) is 16.3 Å². The number of sulfone groups is 1. The molecule has 0 aliphatic carbocycles. The zero-order valence-corrected chi connectivity index (χ0v) is 19.2. The lowest BCUT2D eigenvalue weighted by Gasteiger charge is -2.26. The Kier molecular flexibility index (Phi) is 9.32. The van der Waals surface area contributed by atoms with E-state index in [1.165, 1.54) is 11.1 Å². The van der Waals surface area contributed by atoms with Crippen LogP contribution in [-0.4, -0.2) is 64.5 Å². The maximum absolute atomic E-state index is 11.6. The number of hydrogen-bond donors (Lipinski definition) is 2. The topological polar surface area (TPSA) is 73.8 Å². The molecule has 2 N–H and O–H groups in total. The van der Waals surface area contributed by atoms with E-state index in [0.29, 0.717) is 18.9 Å². The van der Waals surface area contributed by atoms with Crippen LogP contribution in [0, 0.1) is 0 Å². The summed E-state index contributed by atoms with van der Waals surface area (Å²) >= 11 is 0. The fraction of sp³-hybridized carbons (Fsp3) is 0.611. The van der Waals surface area contributed by atoms with Crippen LogP contribution in [0.15, 0.2) is 29.3 Å². The zero-order valence-electron chi connectivity index (χ0n) is 16.0. The maximum atomic E-state index is 11.6. The molecule has 0 amide bonds. The van der Waals surface area contributed by atoms with Crippen molar-refractivity contribution < 1.29 is 8.42 Å². The van der Waals surface area contributed by atoms with Gasteiger partial charge in [-0.25, -0.2) is 8.42 Å². The molecule has 1 aromatic rings. The number of likely N-dealkylation sites (N-methyl/N-ethyl adjacent to an activating group) is 1. The first-order valence-electron chi connectivity index (χ1n) is 8.77. The summed E-state index contributed by atoms with van der Waals surface area (Å²) in [4.78, 5) is 6.40. The van der Waals surface area contributed by atoms with Crippen molar-refractivity contribution in [2.24, 2.45) is 4.99 Å². The minimum atomic E-state index is -2.90. The molecule has 148 valence electrons. The van der Waals surface area contributed by atoms with Gasteiger partial charge in [0.05, 0.1) is 17.5 Å². The Labute approximate surface area is 174 Å². The van der Waals surface area contributed by atoms with Gasteiger partial charge < -0.3 is 15.5 Å². The minimum Gasteiger partial charge on any atom is -0.354 e. The largest absolute Gasteiger partial charge is 0.354 e. The Balaban J connectivity index is 0.00000338. The van der Waals surface area contributed by atoms with Crippen LogP contribution in [0.3, 0.4) is 0 Å². The Bertz CT molecular complexity index is 690. The SMILES string of the molecule is CCc1ccc(C(CNC(=NC)NC2CCS(=O)(=O)C2)N(C)C)cc1.I. The van der Waals surface area contributed by atoms with Crippen LogP contribution >= 0.6 is 24.0 Å². The predicted octanol–water partition coefficient (Wildman–Crippen LogP) is 1.82. The van der Waals surface area contributed by atoms with E-state index in [2.05, 4.69) is 65.8 Å². The molecule has 0 radical (unpaired) electrons. The average Bonchev–Trinajstić information content (AvgIpc) is 2.92. The molecule has 1 aliphatic rings. The van der Waals surface area contributed by atoms with Gasteiger partial charge in [-0.05, 0) is 38.1 Å². The lowest BCUT2D eigenvalue weighted by atomic mass is 10.0. The quantitative estimate of drug-likeness (QED) is 0.359. The molecule has 0 aromatic heterocycles. The number of nitrogens with zero attached hydrogens (tertiary/aromatic N) is 2. The fourth-order valence-corrected chi connectivity index (χ4v) is 4.74. The van der Waals surface area contributed by atoms with Crippen molar-refractivity contribution in [3.8, 4) is 0 Å². The molecule has 2 unspecified atom stereocenters. The summed E-state index contributed by atoms with van der Waals surface area (Å²) in [6, 6.07) is 8.83. The molecular weight excluding hydrogens is 463 g/mol. The van der Waals surface area contributed by atoms with Gasteiger partial charge in [-0.15, -0.1) is 24.0 Å². The second-order valence-corrected chi connectivity index (χ2v) is 9.00. The monoisotopic (exact) mass is 494 g/mol. The summed E-state index contributed by atoms with van der Waals surface area (Å²) in [6.45, 7) is 2.84. The van der Waals surface area contributed by atoms with Crippen LogP contribution < -0.4 is 10.6 Å². The first kappa shape index (κ1) is 23.2. The average molecular weight is 494 g/mol. The molecule has 1 saturated heterocycles. The molecule has 1 heterocycles. The first-order valence-corrected chi connectivity index (χ1v) is 10.6. The van der Waals surface area contributed by atoms with Crippen LogP contribution in [0.4, 0.5) is 0 Å². The van der Waals surface area contributed by atoms with E-state index in [0.717, 1.165) is 6.42 Å². The number of guanidine groups is 1. The van der Waals surface area contributed by atoms with E-state index < -0.39 is 9.84 Å². The Hall–Kier alpha value is -0.870. The molecule has 6 nitrogen and oxygen atoms in total. The van der Waals surface area contributed by atoms with E-state index in [4.69, 9.17) is 0 Å². The number of rotatable bonds is 6. The predicted molar refractivity (Wildman–Crippen MR) is 119 cm³/mol. The third-order valence-electron chi connectivity index (χ3n) is 4.66. The molecule has 2 atom stereocenters. The van der Waals surface area contributed by atoms with Crippen molar-refractivity contribution in [3.63, 3.8) is 0 Å². The highest BCUT2D eigenvalue weighted by atomic mass is 127. The van der Waals surface area contributed by atoms with Gasteiger partial charge in [0.15, 0.2) is 15.8 Å². The van der Waals surface area contributed by atoms with Gasteiger partial charge in [0.2, 0.25) is 0 Å². The molecule has 0 bridgehead atoms. The van der Waals surface area contributed by atoms with Crippen LogP contribution in [0.5, 0.6) is 0 Å². The summed E-state index contributed by atoms with van der Waals surface area (Å²) in [6.07, 6.45) is 1.67. The Morgan fingerprint density at radius 3 is 2.42 bits per heavy atom. The summed E-state index contributed by atoms with van der Waals surface area (Å²) in [5.74, 6) is 1.09. The summed E-state index contributed by atoms with van der Waals surface area (Å²) in [7, 11) is 2.92. The highest BCUT2D eigenvalue weighted by molar-refractivity contribution is 14.0. The summed E-state index contributed by atoms with van der Waals surface area (Å²) < 4.78 is 23.2. The van der Waals surface area contributed by atoms with Crippen LogP contribution in [0.1, 0.15) is 30.5 Å². The molecule has 26 heavy (non-hydrogen) atoms. The van der Waals surface area contributed by atoms with Crippen molar-refractivity contribution >= 4 is 39.8 Å². The van der Waals surface area contributed by atoms with E-state index in [-0.39, 0.29) is 47.6 Å². The van der Waals surface area contributed by atoms with E-state index in [9.17, 15) is 8.42 Å². The molecule has 8 heteroatoms. The lowest BCUT2D eigenvalue weighted by molar-refractivity contribution is 0.298. The lowest BCUT2D eigenvalue weighted by Crippen LogP contribution is -2.46. The van der Waals surface area contributed by atoms with Crippen molar-refractivity contribution in [2.45, 2.75) is 31.8 Å². The van der Waals surface area contributed by atoms with Crippen molar-refractivity contribution in [2.75, 3.05) is 39.2 Å². The van der Waals surface area contributed by atoms with Crippen molar-refractivity contribution in [1.82, 2.24) is 15.5 Å². The number of aryl methyl sites for hydroxylation is 1. The van der Waals surface area contributed by atoms with Crippen molar-refractivity contribution in [3.05, 3.63) is 35.4 Å². The van der Waals surface area contributed by atoms with Gasteiger partial charge in [0.25, 0.3) is 0 Å². The molecule has 0 spiro atoms. The smallest absolute Gasteiger partial charge is 0.191 e. The van der Waals surface area contributed by atoms with Crippen LogP contribution in [0.2, 0.25) is 0 Å². The van der Waals surface area contributed by atoms with Gasteiger partial charge >= 0.3 is 0 Å². The van der Waals surface area contributed by atoms with Crippen molar-refractivity contribution in [1.29, 1.82) is 0 Å². The van der Waals surface area contributed by atoms with Gasteiger partial charge in [-0.1, -0.05) is 31.2 Å². The Morgan fingerprint density at radius 2 is 1.96 bits per heavy atom. The third kappa shape index (κ3) is 6.70. The maximum Gasteiger partial charge on any atom is 0.191 e. The zero-order chi connectivity index (χ0) is 18.4. The molecule has 1 aliphatic heterocycles. The molecule has 1 fully saturated rings. The van der Waals surface area contributed by atoms with Gasteiger partial charge in [-0.2, -0.15) is 0 Å². The molecule has 2 rings (SSSR count). The Morgan fingerprint density at radius 1 is 1.31 bits per heavy atom. The number of aliphatic imine (C=N–C) groups is 1. The van der Waals surface area contributed by atoms with Gasteiger partial charge in [0, 0.05) is 19.6 Å². The van der Waals surface area contributed by atoms with E-state index in [1.54, 1.807) is 7.05 Å². The fourth-order valence-electron chi connectivity index (χ4n) is 3.06. The third-order valence-corrected chi connectivity index (χ3v) is 6.42. The number of nitrogens with one attached hydrogen (secondary N) is 2. The second-order valence-electron chi connectivity index (χ2n) is 6.77. The number of halogens is 1. The molecular formula is C18H31IN4O2S. The molecule has 1 aromatic carbocycles. The van der Waals surface area contributed by atoms with E-state index >= 15 is 0 Å². The normalized spacial score (nSPS) is 20.5. The van der Waals surface area contributed by atoms with Gasteiger partial charge in [0.1, 0.15) is 0 Å². The summed E-state index contributed by atoms with van der Waals surface area (Å²) in [5, 5.41) is 6.56. The number of hydrogen-bond acceptors (Lipinski definition) is 4. The standard InChI is InChI=1S/C18H30N4O2S.HI/c1-5-14-6-8-15(9-7-14)17(22(3)4)12-20-18(19-2)21-16-10-11-25(23,24)13-16;/h6-9,16-17H,5,10-13H2,1-4H3,(H2,19,20,21);1H. The highest BCUT2D eigenvalue weighted by Crippen LogP contribution is 2.18. The van der Waals surface area contributed by atoms with E-state index in [1.807, 2.05) is 0 Å². The summed E-state index contributed by atoms with van der Waals surface area (Å²) in [5.41, 5.74) is 2.57. The van der Waals surface area contributed by atoms with Crippen LogP contribution in [0.25, 0.3) is 0 Å². The van der Waals surface area contributed by atoms with Gasteiger partial charge in [-0.3, -0.25) is 4.99 Å². The first-order chi connectivity index (χ1) is 11.8.